The molecule has 0 radical (unpaired) electrons. The Bertz CT molecular complexity index is 1010. The number of fused-ring (bicyclic) bond motifs is 2. The van der Waals surface area contributed by atoms with Gasteiger partial charge in [0.15, 0.2) is 5.78 Å². The van der Waals surface area contributed by atoms with Crippen LogP contribution in [-0.2, 0) is 7.05 Å². The van der Waals surface area contributed by atoms with E-state index in [4.69, 9.17) is 0 Å². The molecule has 0 aliphatic carbocycles. The lowest BCUT2D eigenvalue weighted by Crippen LogP contribution is -2.01. The first kappa shape index (κ1) is 12.8. The average molecular weight is 286 g/mol. The molecule has 3 nitrogen and oxygen atoms in total. The highest BCUT2D eigenvalue weighted by Crippen LogP contribution is 2.26. The first-order chi connectivity index (χ1) is 10.8. The molecule has 4 aromatic rings. The maximum Gasteiger partial charge on any atom is 0.195 e. The van der Waals surface area contributed by atoms with Gasteiger partial charge in [-0.1, -0.05) is 36.4 Å². The lowest BCUT2D eigenvalue weighted by molar-refractivity contribution is 0.104. The van der Waals surface area contributed by atoms with Crippen LogP contribution in [0.2, 0.25) is 0 Å². The Balaban J connectivity index is 1.97. The summed E-state index contributed by atoms with van der Waals surface area (Å²) in [7, 11) is 1.96. The van der Waals surface area contributed by atoms with Crippen LogP contribution in [0, 0.1) is 0 Å². The number of benzene rings is 2. The first-order valence-corrected chi connectivity index (χ1v) is 7.17. The molecule has 2 aromatic carbocycles. The molecular formula is C19H14N2O. The number of nitrogens with zero attached hydrogens (tertiary/aromatic N) is 2. The van der Waals surface area contributed by atoms with Crippen molar-refractivity contribution >= 4 is 27.5 Å². The smallest absolute Gasteiger partial charge is 0.195 e. The normalized spacial score (nSPS) is 11.1. The van der Waals surface area contributed by atoms with Gasteiger partial charge in [0.05, 0.1) is 0 Å². The van der Waals surface area contributed by atoms with E-state index >= 15 is 0 Å². The van der Waals surface area contributed by atoms with E-state index in [-0.39, 0.29) is 5.78 Å². The molecule has 2 aromatic heterocycles. The van der Waals surface area contributed by atoms with E-state index in [0.717, 1.165) is 27.2 Å². The minimum absolute atomic E-state index is 0.0374. The minimum atomic E-state index is 0.0374. The predicted molar refractivity (Wildman–Crippen MR) is 88.1 cm³/mol. The zero-order valence-corrected chi connectivity index (χ0v) is 12.2. The molecule has 0 unspecified atom stereocenters. The third-order valence-corrected chi connectivity index (χ3v) is 4.07. The third kappa shape index (κ3) is 1.83. The van der Waals surface area contributed by atoms with Crippen LogP contribution in [-0.4, -0.2) is 15.3 Å². The number of hydrogen-bond donors (Lipinski definition) is 0. The van der Waals surface area contributed by atoms with Gasteiger partial charge >= 0.3 is 0 Å². The summed E-state index contributed by atoms with van der Waals surface area (Å²) in [5.41, 5.74) is 2.49. The van der Waals surface area contributed by atoms with Crippen molar-refractivity contribution in [3.63, 3.8) is 0 Å². The van der Waals surface area contributed by atoms with Gasteiger partial charge in [0, 0.05) is 53.1 Å². The molecule has 0 saturated heterocycles. The summed E-state index contributed by atoms with van der Waals surface area (Å²) >= 11 is 0. The fourth-order valence-electron chi connectivity index (χ4n) is 2.98. The molecular weight excluding hydrogens is 272 g/mol. The fourth-order valence-corrected chi connectivity index (χ4v) is 2.98. The molecule has 0 aliphatic heterocycles. The van der Waals surface area contributed by atoms with Gasteiger partial charge in [-0.3, -0.25) is 9.78 Å². The van der Waals surface area contributed by atoms with E-state index in [1.807, 2.05) is 66.3 Å². The molecule has 2 heterocycles. The monoisotopic (exact) mass is 286 g/mol. The van der Waals surface area contributed by atoms with Crippen molar-refractivity contribution in [2.24, 2.45) is 7.05 Å². The lowest BCUT2D eigenvalue weighted by atomic mass is 9.98. The SMILES string of the molecule is Cn1cc(C(=O)c2cccc3ccncc23)c2ccccc21. The highest BCUT2D eigenvalue weighted by molar-refractivity contribution is 6.21. The Kier molecular flexibility index (Phi) is 2.79. The summed E-state index contributed by atoms with van der Waals surface area (Å²) in [6.45, 7) is 0. The van der Waals surface area contributed by atoms with Crippen molar-refractivity contribution in [3.8, 4) is 0 Å². The minimum Gasteiger partial charge on any atom is -0.350 e. The van der Waals surface area contributed by atoms with E-state index in [9.17, 15) is 4.79 Å². The maximum atomic E-state index is 13.0. The van der Waals surface area contributed by atoms with Gasteiger partial charge in [-0.2, -0.15) is 0 Å². The van der Waals surface area contributed by atoms with Crippen LogP contribution >= 0.6 is 0 Å². The summed E-state index contributed by atoms with van der Waals surface area (Å²) in [6.07, 6.45) is 5.41. The number of carbonyl (C=O) groups excluding carboxylic acids is 1. The van der Waals surface area contributed by atoms with E-state index in [2.05, 4.69) is 4.98 Å². The topological polar surface area (TPSA) is 34.9 Å². The summed E-state index contributed by atoms with van der Waals surface area (Å²) in [5.74, 6) is 0.0374. The van der Waals surface area contributed by atoms with Gasteiger partial charge in [-0.05, 0) is 17.5 Å². The highest BCUT2D eigenvalue weighted by Gasteiger charge is 2.17. The number of pyridine rings is 1. The molecule has 0 bridgehead atoms. The molecule has 0 amide bonds. The Hall–Kier alpha value is -2.94. The van der Waals surface area contributed by atoms with Crippen molar-refractivity contribution in [1.82, 2.24) is 9.55 Å². The second-order valence-electron chi connectivity index (χ2n) is 5.40. The van der Waals surface area contributed by atoms with E-state index in [0.29, 0.717) is 5.56 Å². The number of aromatic nitrogens is 2. The quantitative estimate of drug-likeness (QED) is 0.523. The van der Waals surface area contributed by atoms with Crippen molar-refractivity contribution < 1.29 is 4.79 Å². The first-order valence-electron chi connectivity index (χ1n) is 7.17. The second-order valence-corrected chi connectivity index (χ2v) is 5.40. The van der Waals surface area contributed by atoms with Gasteiger partial charge in [0.1, 0.15) is 0 Å². The lowest BCUT2D eigenvalue weighted by Gasteiger charge is -2.04. The van der Waals surface area contributed by atoms with Crippen molar-refractivity contribution in [3.05, 3.63) is 78.2 Å². The summed E-state index contributed by atoms with van der Waals surface area (Å²) in [4.78, 5) is 17.2. The number of ketones is 1. The highest BCUT2D eigenvalue weighted by atomic mass is 16.1. The van der Waals surface area contributed by atoms with Crippen LogP contribution in [0.15, 0.2) is 67.1 Å². The third-order valence-electron chi connectivity index (χ3n) is 4.07. The van der Waals surface area contributed by atoms with E-state index < -0.39 is 0 Å². The van der Waals surface area contributed by atoms with Gasteiger partial charge in [-0.25, -0.2) is 0 Å². The number of carbonyl (C=O) groups is 1. The largest absolute Gasteiger partial charge is 0.350 e. The molecule has 106 valence electrons. The van der Waals surface area contributed by atoms with Crippen LogP contribution < -0.4 is 0 Å². The molecule has 0 fully saturated rings. The van der Waals surface area contributed by atoms with Crippen molar-refractivity contribution in [2.75, 3.05) is 0 Å². The standard InChI is InChI=1S/C19H14N2O/c1-21-12-17(14-6-2-3-8-18(14)21)19(22)15-7-4-5-13-9-10-20-11-16(13)15/h2-12H,1H3. The van der Waals surface area contributed by atoms with Gasteiger partial charge < -0.3 is 4.57 Å². The Morgan fingerprint density at radius 3 is 2.73 bits per heavy atom. The Morgan fingerprint density at radius 1 is 0.955 bits per heavy atom. The zero-order valence-electron chi connectivity index (χ0n) is 12.2. The predicted octanol–water partition coefficient (Wildman–Crippen LogP) is 3.96. The average Bonchev–Trinajstić information content (AvgIpc) is 2.91. The van der Waals surface area contributed by atoms with Crippen LogP contribution in [0.5, 0.6) is 0 Å². The molecule has 0 spiro atoms. The zero-order chi connectivity index (χ0) is 15.1. The molecule has 22 heavy (non-hydrogen) atoms. The summed E-state index contributed by atoms with van der Waals surface area (Å²) in [5, 5.41) is 2.90. The molecule has 0 N–H and O–H groups in total. The fraction of sp³-hybridized carbons (Fsp3) is 0.0526. The van der Waals surface area contributed by atoms with E-state index in [1.165, 1.54) is 0 Å². The summed E-state index contributed by atoms with van der Waals surface area (Å²) in [6, 6.07) is 15.7. The van der Waals surface area contributed by atoms with Crippen molar-refractivity contribution in [1.29, 1.82) is 0 Å². The van der Waals surface area contributed by atoms with Crippen LogP contribution in [0.3, 0.4) is 0 Å². The molecule has 0 aliphatic rings. The number of para-hydroxylation sites is 1. The molecule has 0 saturated carbocycles. The number of aryl methyl sites for hydroxylation is 1. The Morgan fingerprint density at radius 2 is 1.82 bits per heavy atom. The maximum absolute atomic E-state index is 13.0. The van der Waals surface area contributed by atoms with E-state index in [1.54, 1.807) is 12.4 Å². The van der Waals surface area contributed by atoms with Gasteiger partial charge in [0.2, 0.25) is 0 Å². The number of rotatable bonds is 2. The van der Waals surface area contributed by atoms with Crippen LogP contribution in [0.25, 0.3) is 21.7 Å². The van der Waals surface area contributed by atoms with Crippen LogP contribution in [0.4, 0.5) is 0 Å². The van der Waals surface area contributed by atoms with Crippen molar-refractivity contribution in [2.45, 2.75) is 0 Å². The second kappa shape index (κ2) is 4.81. The number of hydrogen-bond acceptors (Lipinski definition) is 2. The van der Waals surface area contributed by atoms with Crippen LogP contribution in [0.1, 0.15) is 15.9 Å². The molecule has 4 rings (SSSR count). The molecule has 0 atom stereocenters. The molecule has 3 heteroatoms. The van der Waals surface area contributed by atoms with Gasteiger partial charge in [-0.15, -0.1) is 0 Å². The summed E-state index contributed by atoms with van der Waals surface area (Å²) < 4.78 is 1.99. The Labute approximate surface area is 127 Å². The van der Waals surface area contributed by atoms with Gasteiger partial charge in [0.25, 0.3) is 0 Å².